The summed E-state index contributed by atoms with van der Waals surface area (Å²) in [5.41, 5.74) is 6.58. The van der Waals surface area contributed by atoms with E-state index in [2.05, 4.69) is 9.71 Å². The first-order chi connectivity index (χ1) is 8.51. The Hall–Kier alpha value is -1.27. The van der Waals surface area contributed by atoms with E-state index >= 15 is 0 Å². The lowest BCUT2D eigenvalue weighted by Crippen LogP contribution is -2.17. The van der Waals surface area contributed by atoms with Gasteiger partial charge in [-0.1, -0.05) is 6.07 Å². The lowest BCUT2D eigenvalue weighted by molar-refractivity contribution is 0.600. The van der Waals surface area contributed by atoms with E-state index in [9.17, 15) is 8.42 Å². The van der Waals surface area contributed by atoms with Crippen molar-refractivity contribution < 1.29 is 8.42 Å². The summed E-state index contributed by atoms with van der Waals surface area (Å²) in [4.78, 5) is 4.06. The Morgan fingerprint density at radius 1 is 1.50 bits per heavy atom. The predicted octanol–water partition coefficient (Wildman–Crippen LogP) is 1.82. The SMILES string of the molecule is NC(CCl)=Nc1cccc(NS(=O)(=O)C2CC2)c1. The van der Waals surface area contributed by atoms with E-state index in [1.165, 1.54) is 0 Å². The highest BCUT2D eigenvalue weighted by atomic mass is 35.5. The Kier molecular flexibility index (Phi) is 3.77. The fraction of sp³-hybridized carbons (Fsp3) is 0.364. The van der Waals surface area contributed by atoms with E-state index in [0.717, 1.165) is 12.8 Å². The molecule has 1 fully saturated rings. The number of benzene rings is 1. The number of rotatable bonds is 5. The number of nitrogens with zero attached hydrogens (tertiary/aromatic N) is 1. The third-order valence-electron chi connectivity index (χ3n) is 2.48. The van der Waals surface area contributed by atoms with Crippen molar-refractivity contribution in [2.75, 3.05) is 10.6 Å². The van der Waals surface area contributed by atoms with Crippen LogP contribution in [0.1, 0.15) is 12.8 Å². The molecule has 5 nitrogen and oxygen atoms in total. The van der Waals surface area contributed by atoms with Crippen molar-refractivity contribution >= 4 is 38.8 Å². The normalized spacial score (nSPS) is 16.6. The lowest BCUT2D eigenvalue weighted by Gasteiger charge is -2.07. The second kappa shape index (κ2) is 5.16. The molecule has 1 saturated carbocycles. The fourth-order valence-electron chi connectivity index (χ4n) is 1.46. The molecule has 0 bridgehead atoms. The molecule has 0 radical (unpaired) electrons. The topological polar surface area (TPSA) is 84.5 Å². The summed E-state index contributed by atoms with van der Waals surface area (Å²) in [6.45, 7) is 0. The molecule has 1 aliphatic carbocycles. The van der Waals surface area contributed by atoms with Crippen LogP contribution in [0, 0.1) is 0 Å². The standard InChI is InChI=1S/C11H14ClN3O2S/c12-7-11(13)14-8-2-1-3-9(6-8)15-18(16,17)10-4-5-10/h1-3,6,10,15H,4-5,7H2,(H2,13,14). The largest absolute Gasteiger partial charge is 0.386 e. The lowest BCUT2D eigenvalue weighted by atomic mass is 10.3. The number of hydrogen-bond acceptors (Lipinski definition) is 3. The predicted molar refractivity (Wildman–Crippen MR) is 74.0 cm³/mol. The van der Waals surface area contributed by atoms with Crippen LogP contribution >= 0.6 is 11.6 Å². The average molecular weight is 288 g/mol. The molecule has 0 spiro atoms. The third kappa shape index (κ3) is 3.36. The van der Waals surface area contributed by atoms with Crippen LogP contribution < -0.4 is 10.5 Å². The van der Waals surface area contributed by atoms with Crippen molar-refractivity contribution in [3.05, 3.63) is 24.3 Å². The number of anilines is 1. The van der Waals surface area contributed by atoms with Gasteiger partial charge in [-0.15, -0.1) is 11.6 Å². The smallest absolute Gasteiger partial charge is 0.235 e. The van der Waals surface area contributed by atoms with Crippen LogP contribution in [0.3, 0.4) is 0 Å². The highest BCUT2D eigenvalue weighted by Crippen LogP contribution is 2.30. The number of nitrogens with two attached hydrogens (primary N) is 1. The molecule has 7 heteroatoms. The summed E-state index contributed by atoms with van der Waals surface area (Å²) < 4.78 is 26.1. The maximum absolute atomic E-state index is 11.8. The van der Waals surface area contributed by atoms with Crippen molar-refractivity contribution in [3.63, 3.8) is 0 Å². The van der Waals surface area contributed by atoms with Gasteiger partial charge in [0, 0.05) is 0 Å². The minimum absolute atomic E-state index is 0.137. The first-order valence-corrected chi connectivity index (χ1v) is 7.60. The fourth-order valence-corrected chi connectivity index (χ4v) is 2.90. The number of hydrogen-bond donors (Lipinski definition) is 2. The van der Waals surface area contributed by atoms with Gasteiger partial charge in [0.2, 0.25) is 10.0 Å². The van der Waals surface area contributed by atoms with Gasteiger partial charge in [-0.25, -0.2) is 13.4 Å². The molecule has 0 saturated heterocycles. The summed E-state index contributed by atoms with van der Waals surface area (Å²) in [7, 11) is -3.25. The van der Waals surface area contributed by atoms with Crippen LogP contribution in [0.2, 0.25) is 0 Å². The van der Waals surface area contributed by atoms with E-state index in [4.69, 9.17) is 17.3 Å². The average Bonchev–Trinajstić information content (AvgIpc) is 3.12. The number of aliphatic imine (C=N–C) groups is 1. The molecule has 0 aromatic heterocycles. The maximum atomic E-state index is 11.8. The summed E-state index contributed by atoms with van der Waals surface area (Å²) in [6.07, 6.45) is 1.46. The summed E-state index contributed by atoms with van der Waals surface area (Å²) in [6, 6.07) is 6.74. The summed E-state index contributed by atoms with van der Waals surface area (Å²) >= 11 is 5.53. The number of nitrogens with one attached hydrogen (secondary N) is 1. The van der Waals surface area contributed by atoms with Gasteiger partial charge in [0.25, 0.3) is 0 Å². The van der Waals surface area contributed by atoms with Crippen LogP contribution in [-0.2, 0) is 10.0 Å². The van der Waals surface area contributed by atoms with Gasteiger partial charge in [-0.2, -0.15) is 0 Å². The van der Waals surface area contributed by atoms with Crippen molar-refractivity contribution in [3.8, 4) is 0 Å². The zero-order valence-electron chi connectivity index (χ0n) is 9.64. The van der Waals surface area contributed by atoms with Gasteiger partial charge in [0.05, 0.1) is 22.5 Å². The van der Waals surface area contributed by atoms with E-state index in [0.29, 0.717) is 17.2 Å². The first kappa shape index (κ1) is 13.2. The van der Waals surface area contributed by atoms with Gasteiger partial charge in [0.15, 0.2) is 0 Å². The zero-order valence-corrected chi connectivity index (χ0v) is 11.2. The number of amidine groups is 1. The second-order valence-electron chi connectivity index (χ2n) is 4.13. The molecule has 0 heterocycles. The minimum Gasteiger partial charge on any atom is -0.386 e. The molecule has 1 aliphatic rings. The number of alkyl halides is 1. The first-order valence-electron chi connectivity index (χ1n) is 5.52. The van der Waals surface area contributed by atoms with Crippen molar-refractivity contribution in [2.24, 2.45) is 10.7 Å². The third-order valence-corrected chi connectivity index (χ3v) is 4.62. The van der Waals surface area contributed by atoms with Crippen LogP contribution in [0.25, 0.3) is 0 Å². The second-order valence-corrected chi connectivity index (χ2v) is 6.36. The van der Waals surface area contributed by atoms with E-state index < -0.39 is 10.0 Å². The van der Waals surface area contributed by atoms with Crippen LogP contribution in [0.15, 0.2) is 29.3 Å². The van der Waals surface area contributed by atoms with E-state index in [-0.39, 0.29) is 11.1 Å². The minimum atomic E-state index is -3.25. The molecule has 0 unspecified atom stereocenters. The van der Waals surface area contributed by atoms with Crippen LogP contribution in [0.4, 0.5) is 11.4 Å². The molecule has 3 N–H and O–H groups in total. The van der Waals surface area contributed by atoms with Crippen molar-refractivity contribution in [1.82, 2.24) is 0 Å². The van der Waals surface area contributed by atoms with Gasteiger partial charge in [-0.3, -0.25) is 4.72 Å². The molecular weight excluding hydrogens is 274 g/mol. The Labute approximate surface area is 111 Å². The molecule has 1 aromatic carbocycles. The van der Waals surface area contributed by atoms with Gasteiger partial charge >= 0.3 is 0 Å². The van der Waals surface area contributed by atoms with Gasteiger partial charge < -0.3 is 5.73 Å². The zero-order chi connectivity index (χ0) is 13.2. The van der Waals surface area contributed by atoms with Crippen molar-refractivity contribution in [1.29, 1.82) is 0 Å². The Morgan fingerprint density at radius 3 is 2.83 bits per heavy atom. The van der Waals surface area contributed by atoms with Crippen LogP contribution in [-0.4, -0.2) is 25.4 Å². The highest BCUT2D eigenvalue weighted by molar-refractivity contribution is 7.93. The number of halogens is 1. The van der Waals surface area contributed by atoms with Gasteiger partial charge in [-0.05, 0) is 31.0 Å². The Morgan fingerprint density at radius 2 is 2.22 bits per heavy atom. The molecule has 98 valence electrons. The van der Waals surface area contributed by atoms with Crippen LogP contribution in [0.5, 0.6) is 0 Å². The van der Waals surface area contributed by atoms with Gasteiger partial charge in [0.1, 0.15) is 5.84 Å². The quantitative estimate of drug-likeness (QED) is 0.492. The summed E-state index contributed by atoms with van der Waals surface area (Å²) in [5.74, 6) is 0.428. The molecule has 0 amide bonds. The molecule has 0 atom stereocenters. The number of sulfonamides is 1. The summed E-state index contributed by atoms with van der Waals surface area (Å²) in [5, 5.41) is -0.252. The Balaban J connectivity index is 2.17. The Bertz CT molecular complexity index is 567. The molecule has 0 aliphatic heterocycles. The monoisotopic (exact) mass is 287 g/mol. The molecule has 18 heavy (non-hydrogen) atoms. The van der Waals surface area contributed by atoms with E-state index in [1.54, 1.807) is 24.3 Å². The highest BCUT2D eigenvalue weighted by Gasteiger charge is 2.35. The molecule has 1 aromatic rings. The van der Waals surface area contributed by atoms with Crippen molar-refractivity contribution in [2.45, 2.75) is 18.1 Å². The molecular formula is C11H14ClN3O2S. The maximum Gasteiger partial charge on any atom is 0.235 e. The van der Waals surface area contributed by atoms with E-state index in [1.807, 2.05) is 0 Å². The molecule has 2 rings (SSSR count).